The quantitative estimate of drug-likeness (QED) is 0.658. The summed E-state index contributed by atoms with van der Waals surface area (Å²) >= 11 is 0. The van der Waals surface area contributed by atoms with Crippen molar-refractivity contribution in [1.29, 1.82) is 0 Å². The molecule has 0 spiro atoms. The Kier molecular flexibility index (Phi) is 6.78. The molecule has 6 nitrogen and oxygen atoms in total. The molecule has 1 fully saturated rings. The number of nitrogens with one attached hydrogen (secondary N) is 2. The summed E-state index contributed by atoms with van der Waals surface area (Å²) in [7, 11) is 2.04. The smallest absolute Gasteiger partial charge is 0.315 e. The first-order valence-electron chi connectivity index (χ1n) is 7.41. The van der Waals surface area contributed by atoms with Crippen LogP contribution in [0, 0.1) is 5.92 Å². The highest BCUT2D eigenvalue weighted by molar-refractivity contribution is 5.75. The molecule has 0 saturated heterocycles. The van der Waals surface area contributed by atoms with E-state index in [9.17, 15) is 9.59 Å². The molecule has 1 rings (SSSR count). The second-order valence-electron chi connectivity index (χ2n) is 5.68. The lowest BCUT2D eigenvalue weighted by Crippen LogP contribution is -2.44. The van der Waals surface area contributed by atoms with Gasteiger partial charge in [0, 0.05) is 25.2 Å². The van der Waals surface area contributed by atoms with E-state index in [0.717, 1.165) is 19.4 Å². The summed E-state index contributed by atoms with van der Waals surface area (Å²) in [4.78, 5) is 24.8. The Morgan fingerprint density at radius 1 is 1.40 bits per heavy atom. The third kappa shape index (κ3) is 5.36. The molecule has 3 N–H and O–H groups in total. The number of urea groups is 1. The van der Waals surface area contributed by atoms with Gasteiger partial charge in [-0.2, -0.15) is 0 Å². The van der Waals surface area contributed by atoms with Crippen LogP contribution in [-0.4, -0.2) is 54.2 Å². The number of rotatable bonds is 7. The van der Waals surface area contributed by atoms with Gasteiger partial charge < -0.3 is 20.6 Å². The van der Waals surface area contributed by atoms with Crippen molar-refractivity contribution in [3.63, 3.8) is 0 Å². The summed E-state index contributed by atoms with van der Waals surface area (Å²) in [5, 5.41) is 14.6. The molecule has 1 aliphatic carbocycles. The second-order valence-corrected chi connectivity index (χ2v) is 5.68. The highest BCUT2D eigenvalue weighted by Crippen LogP contribution is 2.25. The summed E-state index contributed by atoms with van der Waals surface area (Å²) in [6.45, 7) is 5.71. The number of carboxylic acid groups (broad SMARTS) is 1. The first-order valence-corrected chi connectivity index (χ1v) is 7.41. The number of carbonyl (C=O) groups excluding carboxylic acids is 1. The fourth-order valence-electron chi connectivity index (χ4n) is 2.45. The van der Waals surface area contributed by atoms with Crippen LogP contribution in [-0.2, 0) is 4.79 Å². The zero-order chi connectivity index (χ0) is 15.1. The van der Waals surface area contributed by atoms with Crippen LogP contribution in [0.25, 0.3) is 0 Å². The number of carboxylic acids is 1. The Morgan fingerprint density at radius 2 is 2.10 bits per heavy atom. The molecule has 116 valence electrons. The molecule has 1 unspecified atom stereocenters. The van der Waals surface area contributed by atoms with Gasteiger partial charge in [0.1, 0.15) is 0 Å². The van der Waals surface area contributed by atoms with Gasteiger partial charge in [0.25, 0.3) is 0 Å². The molecule has 3 atom stereocenters. The Balaban J connectivity index is 2.17. The maximum absolute atomic E-state index is 11.7. The summed E-state index contributed by atoms with van der Waals surface area (Å²) in [6, 6.07) is 0.299. The highest BCUT2D eigenvalue weighted by atomic mass is 16.4. The minimum atomic E-state index is -0.759. The molecule has 0 aromatic heterocycles. The van der Waals surface area contributed by atoms with Gasteiger partial charge in [-0.25, -0.2) is 4.79 Å². The number of hydrogen-bond acceptors (Lipinski definition) is 3. The summed E-state index contributed by atoms with van der Waals surface area (Å²) in [5.41, 5.74) is 0. The standard InChI is InChI=1S/C14H27N3O3/c1-4-10(2)17(3)8-7-15-14(20)16-12-6-5-11(9-12)13(18)19/h10-12H,4-9H2,1-3H3,(H,18,19)(H2,15,16,20)/t10?,11-,12+/m1/s1. The van der Waals surface area contributed by atoms with Gasteiger partial charge in [-0.3, -0.25) is 4.79 Å². The van der Waals surface area contributed by atoms with Crippen LogP contribution < -0.4 is 10.6 Å². The van der Waals surface area contributed by atoms with Gasteiger partial charge in [0.2, 0.25) is 0 Å². The highest BCUT2D eigenvalue weighted by Gasteiger charge is 2.30. The molecule has 1 saturated carbocycles. The second kappa shape index (κ2) is 8.09. The zero-order valence-corrected chi connectivity index (χ0v) is 12.7. The maximum Gasteiger partial charge on any atom is 0.315 e. The zero-order valence-electron chi connectivity index (χ0n) is 12.7. The minimum Gasteiger partial charge on any atom is -0.481 e. The molecule has 2 amide bonds. The Bertz CT molecular complexity index is 336. The van der Waals surface area contributed by atoms with Gasteiger partial charge >= 0.3 is 12.0 Å². The minimum absolute atomic E-state index is 0.0107. The van der Waals surface area contributed by atoms with E-state index in [2.05, 4.69) is 29.4 Å². The summed E-state index contributed by atoms with van der Waals surface area (Å²) < 4.78 is 0. The van der Waals surface area contributed by atoms with Gasteiger partial charge in [0.15, 0.2) is 0 Å². The molecular formula is C14H27N3O3. The molecule has 0 bridgehead atoms. The van der Waals surface area contributed by atoms with Crippen molar-refractivity contribution in [2.24, 2.45) is 5.92 Å². The van der Waals surface area contributed by atoms with Crippen molar-refractivity contribution < 1.29 is 14.7 Å². The molecule has 0 radical (unpaired) electrons. The lowest BCUT2D eigenvalue weighted by Gasteiger charge is -2.23. The summed E-state index contributed by atoms with van der Waals surface area (Å²) in [6.07, 6.45) is 3.02. The number of likely N-dealkylation sites (N-methyl/N-ethyl adjacent to an activating group) is 1. The van der Waals surface area contributed by atoms with E-state index < -0.39 is 5.97 Å². The average molecular weight is 285 g/mol. The normalized spacial score (nSPS) is 23.6. The molecule has 0 aromatic carbocycles. The van der Waals surface area contributed by atoms with Crippen LogP contribution in [0.3, 0.4) is 0 Å². The molecular weight excluding hydrogens is 258 g/mol. The van der Waals surface area contributed by atoms with E-state index in [-0.39, 0.29) is 18.0 Å². The van der Waals surface area contributed by atoms with Crippen molar-refractivity contribution in [2.75, 3.05) is 20.1 Å². The van der Waals surface area contributed by atoms with Crippen molar-refractivity contribution in [3.8, 4) is 0 Å². The van der Waals surface area contributed by atoms with Crippen molar-refractivity contribution in [1.82, 2.24) is 15.5 Å². The number of nitrogens with zero attached hydrogens (tertiary/aromatic N) is 1. The van der Waals surface area contributed by atoms with Crippen LogP contribution in [0.4, 0.5) is 4.79 Å². The third-order valence-electron chi connectivity index (χ3n) is 4.21. The predicted octanol–water partition coefficient (Wildman–Crippen LogP) is 1.27. The lowest BCUT2D eigenvalue weighted by molar-refractivity contribution is -0.141. The number of aliphatic carboxylic acids is 1. The molecule has 0 aromatic rings. The molecule has 6 heteroatoms. The lowest BCUT2D eigenvalue weighted by atomic mass is 10.1. The molecule has 1 aliphatic rings. The van der Waals surface area contributed by atoms with Crippen LogP contribution >= 0.6 is 0 Å². The van der Waals surface area contributed by atoms with Gasteiger partial charge in [-0.05, 0) is 39.7 Å². The van der Waals surface area contributed by atoms with E-state index in [4.69, 9.17) is 5.11 Å². The number of carbonyl (C=O) groups is 2. The fraction of sp³-hybridized carbons (Fsp3) is 0.857. The Morgan fingerprint density at radius 3 is 2.65 bits per heavy atom. The van der Waals surface area contributed by atoms with Crippen LogP contribution in [0.15, 0.2) is 0 Å². The first kappa shape index (κ1) is 16.8. The third-order valence-corrected chi connectivity index (χ3v) is 4.21. The molecule has 20 heavy (non-hydrogen) atoms. The predicted molar refractivity (Wildman–Crippen MR) is 77.7 cm³/mol. The number of hydrogen-bond donors (Lipinski definition) is 3. The average Bonchev–Trinajstić information content (AvgIpc) is 2.86. The van der Waals surface area contributed by atoms with Crippen molar-refractivity contribution in [3.05, 3.63) is 0 Å². The van der Waals surface area contributed by atoms with E-state index in [0.29, 0.717) is 25.4 Å². The van der Waals surface area contributed by atoms with E-state index in [1.165, 1.54) is 0 Å². The van der Waals surface area contributed by atoms with E-state index >= 15 is 0 Å². The number of amides is 2. The van der Waals surface area contributed by atoms with Crippen molar-refractivity contribution in [2.45, 2.75) is 51.6 Å². The first-order chi connectivity index (χ1) is 9.43. The monoisotopic (exact) mass is 285 g/mol. The largest absolute Gasteiger partial charge is 0.481 e. The van der Waals surface area contributed by atoms with Gasteiger partial charge in [-0.1, -0.05) is 6.92 Å². The topological polar surface area (TPSA) is 81.7 Å². The van der Waals surface area contributed by atoms with Gasteiger partial charge in [0.05, 0.1) is 5.92 Å². The van der Waals surface area contributed by atoms with Gasteiger partial charge in [-0.15, -0.1) is 0 Å². The fourth-order valence-corrected chi connectivity index (χ4v) is 2.45. The Labute approximate surface area is 120 Å². The van der Waals surface area contributed by atoms with Crippen LogP contribution in [0.5, 0.6) is 0 Å². The van der Waals surface area contributed by atoms with Crippen molar-refractivity contribution >= 4 is 12.0 Å². The van der Waals surface area contributed by atoms with Crippen LogP contribution in [0.1, 0.15) is 39.5 Å². The SMILES string of the molecule is CCC(C)N(C)CCNC(=O)N[C@H]1CC[C@@H](C(=O)O)C1. The molecule has 0 heterocycles. The maximum atomic E-state index is 11.7. The van der Waals surface area contributed by atoms with E-state index in [1.54, 1.807) is 0 Å². The van der Waals surface area contributed by atoms with E-state index in [1.807, 2.05) is 7.05 Å². The molecule has 0 aliphatic heterocycles. The Hall–Kier alpha value is -1.30. The summed E-state index contributed by atoms with van der Waals surface area (Å²) in [5.74, 6) is -1.07. The van der Waals surface area contributed by atoms with Crippen LogP contribution in [0.2, 0.25) is 0 Å².